The van der Waals surface area contributed by atoms with Crippen LogP contribution in [-0.4, -0.2) is 31.8 Å². The molecule has 236 valence electrons. The predicted molar refractivity (Wildman–Crippen MR) is 189 cm³/mol. The van der Waals surface area contributed by atoms with Crippen LogP contribution in [0.1, 0.15) is 64.0 Å². The fraction of sp³-hybridized carbons (Fsp3) is 0.289. The van der Waals surface area contributed by atoms with E-state index in [-0.39, 0.29) is 5.75 Å². The molecule has 1 heterocycles. The quantitative estimate of drug-likeness (QED) is 0.0779. The SMILES string of the molecule is CCCCNc1cccc2cccc(C(=C[n+]3ccccc3)c3cccc4cccc(NCCCC)c34)c12.CCCS(=O)(=O)[O-]. The molecule has 0 spiro atoms. The van der Waals surface area contributed by atoms with Crippen molar-refractivity contribution in [1.82, 2.24) is 0 Å². The number of rotatable bonds is 13. The van der Waals surface area contributed by atoms with Gasteiger partial charge in [0, 0.05) is 53.1 Å². The van der Waals surface area contributed by atoms with Gasteiger partial charge in [-0.15, -0.1) is 0 Å². The number of benzene rings is 4. The summed E-state index contributed by atoms with van der Waals surface area (Å²) < 4.78 is 31.2. The highest BCUT2D eigenvalue weighted by Crippen LogP contribution is 2.39. The van der Waals surface area contributed by atoms with Crippen molar-refractivity contribution in [2.45, 2.75) is 52.9 Å². The van der Waals surface area contributed by atoms with Crippen molar-refractivity contribution in [3.8, 4) is 0 Å². The molecule has 0 saturated heterocycles. The zero-order valence-electron chi connectivity index (χ0n) is 26.6. The van der Waals surface area contributed by atoms with Gasteiger partial charge in [-0.2, -0.15) is 4.57 Å². The molecule has 0 aliphatic rings. The van der Waals surface area contributed by atoms with Gasteiger partial charge in [0.25, 0.3) is 0 Å². The summed E-state index contributed by atoms with van der Waals surface area (Å²) >= 11 is 0. The maximum absolute atomic E-state index is 9.68. The Morgan fingerprint density at radius 1 is 0.667 bits per heavy atom. The largest absolute Gasteiger partial charge is 0.748 e. The van der Waals surface area contributed by atoms with Gasteiger partial charge in [-0.1, -0.05) is 100 Å². The second-order valence-corrected chi connectivity index (χ2v) is 12.6. The lowest BCUT2D eigenvalue weighted by Gasteiger charge is -2.18. The van der Waals surface area contributed by atoms with Gasteiger partial charge in [-0.25, -0.2) is 8.42 Å². The van der Waals surface area contributed by atoms with Crippen LogP contribution in [0, 0.1) is 0 Å². The summed E-state index contributed by atoms with van der Waals surface area (Å²) in [5.41, 5.74) is 6.05. The summed E-state index contributed by atoms with van der Waals surface area (Å²) in [5, 5.41) is 12.5. The number of hydrogen-bond acceptors (Lipinski definition) is 5. The molecule has 7 heteroatoms. The third-order valence-corrected chi connectivity index (χ3v) is 8.46. The number of pyridine rings is 1. The second kappa shape index (κ2) is 16.8. The molecule has 0 amide bonds. The molecule has 0 aliphatic heterocycles. The van der Waals surface area contributed by atoms with Crippen LogP contribution < -0.4 is 15.2 Å². The summed E-state index contributed by atoms with van der Waals surface area (Å²) in [6.07, 6.45) is 11.5. The molecule has 0 saturated carbocycles. The molecule has 5 rings (SSSR count). The van der Waals surface area contributed by atoms with Crippen molar-refractivity contribution >= 4 is 54.8 Å². The number of aromatic nitrogens is 1. The average molecular weight is 624 g/mol. The van der Waals surface area contributed by atoms with E-state index in [4.69, 9.17) is 0 Å². The molecule has 4 aromatic carbocycles. The second-order valence-electron chi connectivity index (χ2n) is 11.1. The zero-order chi connectivity index (χ0) is 32.1. The highest BCUT2D eigenvalue weighted by molar-refractivity contribution is 7.85. The fourth-order valence-corrected chi connectivity index (χ4v) is 5.91. The Bertz CT molecular complexity index is 1710. The van der Waals surface area contributed by atoms with Gasteiger partial charge in [0.15, 0.2) is 18.6 Å². The summed E-state index contributed by atoms with van der Waals surface area (Å²) in [6, 6.07) is 32.8. The van der Waals surface area contributed by atoms with Crippen molar-refractivity contribution in [3.05, 3.63) is 115 Å². The number of nitrogens with zero attached hydrogens (tertiary/aromatic N) is 1. The van der Waals surface area contributed by atoms with Gasteiger partial charge >= 0.3 is 0 Å². The number of unbranched alkanes of at least 4 members (excludes halogenated alkanes) is 2. The minimum atomic E-state index is -3.92. The molecule has 0 bridgehead atoms. The third kappa shape index (κ3) is 9.40. The van der Waals surface area contributed by atoms with Crippen molar-refractivity contribution in [2.75, 3.05) is 29.5 Å². The van der Waals surface area contributed by atoms with Crippen LogP contribution in [0.4, 0.5) is 11.4 Å². The number of fused-ring (bicyclic) bond motifs is 2. The Labute approximate surface area is 268 Å². The zero-order valence-corrected chi connectivity index (χ0v) is 27.4. The Kier molecular flexibility index (Phi) is 12.5. The first kappa shape index (κ1) is 33.7. The van der Waals surface area contributed by atoms with E-state index in [1.54, 1.807) is 6.92 Å². The monoisotopic (exact) mass is 623 g/mol. The topological polar surface area (TPSA) is 85.1 Å². The van der Waals surface area contributed by atoms with E-state index in [0.717, 1.165) is 25.9 Å². The Balaban J connectivity index is 0.000000591. The van der Waals surface area contributed by atoms with Crippen LogP contribution >= 0.6 is 0 Å². The van der Waals surface area contributed by atoms with E-state index in [0.29, 0.717) is 6.42 Å². The average Bonchev–Trinajstić information content (AvgIpc) is 3.04. The van der Waals surface area contributed by atoms with Gasteiger partial charge in [0.2, 0.25) is 0 Å². The van der Waals surface area contributed by atoms with Crippen molar-refractivity contribution in [2.24, 2.45) is 0 Å². The molecule has 5 aromatic rings. The molecule has 2 N–H and O–H groups in total. The Morgan fingerprint density at radius 3 is 1.53 bits per heavy atom. The van der Waals surface area contributed by atoms with E-state index < -0.39 is 10.1 Å². The first-order valence-corrected chi connectivity index (χ1v) is 17.6. The smallest absolute Gasteiger partial charge is 0.182 e. The van der Waals surface area contributed by atoms with E-state index >= 15 is 0 Å². The predicted octanol–water partition coefficient (Wildman–Crippen LogP) is 8.69. The van der Waals surface area contributed by atoms with Gasteiger partial charge in [-0.05, 0) is 53.3 Å². The maximum Gasteiger partial charge on any atom is 0.182 e. The summed E-state index contributed by atoms with van der Waals surface area (Å²) in [7, 11) is -3.92. The molecule has 0 fully saturated rings. The molecule has 6 nitrogen and oxygen atoms in total. The van der Waals surface area contributed by atoms with E-state index in [1.165, 1.54) is 62.5 Å². The van der Waals surface area contributed by atoms with Crippen molar-refractivity contribution in [3.63, 3.8) is 0 Å². The van der Waals surface area contributed by atoms with Gasteiger partial charge in [-0.3, -0.25) is 0 Å². The lowest BCUT2D eigenvalue weighted by molar-refractivity contribution is -0.567. The van der Waals surface area contributed by atoms with Crippen LogP contribution in [0.15, 0.2) is 103 Å². The number of nitrogens with one attached hydrogen (secondary N) is 2. The van der Waals surface area contributed by atoms with Crippen molar-refractivity contribution < 1.29 is 17.5 Å². The number of anilines is 2. The lowest BCUT2D eigenvalue weighted by Crippen LogP contribution is -2.24. The molecule has 45 heavy (non-hydrogen) atoms. The molecule has 1 aromatic heterocycles. The summed E-state index contributed by atoms with van der Waals surface area (Å²) in [6.45, 7) is 8.06. The van der Waals surface area contributed by atoms with E-state index in [1.807, 2.05) is 0 Å². The fourth-order valence-electron chi connectivity index (χ4n) is 5.41. The molecule has 0 aliphatic carbocycles. The lowest BCUT2D eigenvalue weighted by atomic mass is 9.89. The summed E-state index contributed by atoms with van der Waals surface area (Å²) in [4.78, 5) is 0. The maximum atomic E-state index is 9.68. The third-order valence-electron chi connectivity index (χ3n) is 7.55. The molecule has 0 atom stereocenters. The van der Waals surface area contributed by atoms with E-state index in [2.05, 4.69) is 139 Å². The van der Waals surface area contributed by atoms with Crippen LogP contribution in [-0.2, 0) is 10.1 Å². The normalized spacial score (nSPS) is 11.1. The molecule has 0 radical (unpaired) electrons. The van der Waals surface area contributed by atoms with Crippen LogP contribution in [0.5, 0.6) is 0 Å². The highest BCUT2D eigenvalue weighted by Gasteiger charge is 2.18. The minimum absolute atomic E-state index is 0.243. The van der Waals surface area contributed by atoms with Crippen LogP contribution in [0.2, 0.25) is 0 Å². The highest BCUT2D eigenvalue weighted by atomic mass is 32.2. The first-order valence-electron chi connectivity index (χ1n) is 16.0. The molecule has 0 unspecified atom stereocenters. The van der Waals surface area contributed by atoms with E-state index in [9.17, 15) is 13.0 Å². The van der Waals surface area contributed by atoms with Gasteiger partial charge in [0.1, 0.15) is 0 Å². The molecular weight excluding hydrogens is 579 g/mol. The first-order chi connectivity index (χ1) is 21.9. The Hall–Kier alpha value is -4.20. The van der Waals surface area contributed by atoms with Crippen LogP contribution in [0.25, 0.3) is 33.3 Å². The van der Waals surface area contributed by atoms with Gasteiger partial charge in [0.05, 0.1) is 15.7 Å². The Morgan fingerprint density at radius 2 is 1.13 bits per heavy atom. The standard InChI is InChI=1S/C35H38N3.C3H8O3S/c1-3-5-22-36-32-20-12-16-27-14-10-18-29(34(27)32)31(26-38-24-8-7-9-25-38)30-19-11-15-28-17-13-21-33(35(28)30)37-23-6-4-2;1-2-3-7(4,5)6/h7-21,24-26,36-37H,3-6,22-23H2,1-2H3;2-3H2,1H3,(H,4,5,6)/q+1;/p-1. The van der Waals surface area contributed by atoms with Crippen molar-refractivity contribution in [1.29, 1.82) is 0 Å². The number of hydrogen-bond donors (Lipinski definition) is 2. The minimum Gasteiger partial charge on any atom is -0.748 e. The summed E-state index contributed by atoms with van der Waals surface area (Å²) in [5.74, 6) is -0.243. The van der Waals surface area contributed by atoms with Gasteiger partial charge < -0.3 is 15.2 Å². The molecular formula is C38H45N3O3S. The van der Waals surface area contributed by atoms with Crippen LogP contribution in [0.3, 0.4) is 0 Å².